The number of thioether (sulfide) groups is 1. The molecule has 1 N–H and O–H groups in total. The van der Waals surface area contributed by atoms with E-state index in [1.807, 2.05) is 60.8 Å². The third-order valence-electron chi connectivity index (χ3n) is 3.99. The Morgan fingerprint density at radius 3 is 2.87 bits per heavy atom. The number of nitrogens with one attached hydrogen (secondary N) is 1. The largest absolute Gasteiger partial charge is 0.487 e. The Bertz CT molecular complexity index is 1070. The van der Waals surface area contributed by atoms with Crippen LogP contribution in [-0.4, -0.2) is 16.6 Å². The number of para-hydroxylation sites is 2. The normalized spacial score (nSPS) is 10.7. The van der Waals surface area contributed by atoms with Gasteiger partial charge in [-0.3, -0.25) is 4.79 Å². The summed E-state index contributed by atoms with van der Waals surface area (Å²) in [6.45, 7) is 2.35. The number of thiazole rings is 1. The molecule has 5 nitrogen and oxygen atoms in total. The number of ether oxygens (including phenoxy) is 1. The number of rotatable bonds is 9. The molecule has 3 rings (SSSR count). The van der Waals surface area contributed by atoms with Crippen LogP contribution in [0.1, 0.15) is 22.7 Å². The van der Waals surface area contributed by atoms with Crippen LogP contribution in [0, 0.1) is 18.3 Å². The van der Waals surface area contributed by atoms with Gasteiger partial charge >= 0.3 is 0 Å². The third kappa shape index (κ3) is 6.48. The van der Waals surface area contributed by atoms with Gasteiger partial charge in [-0.1, -0.05) is 30.3 Å². The molecule has 0 aliphatic carbocycles. The molecule has 0 unspecified atom stereocenters. The first kappa shape index (κ1) is 21.6. The first-order valence-electron chi connectivity index (χ1n) is 9.36. The van der Waals surface area contributed by atoms with E-state index in [-0.39, 0.29) is 5.91 Å². The predicted octanol–water partition coefficient (Wildman–Crippen LogP) is 5.69. The highest BCUT2D eigenvalue weighted by Crippen LogP contribution is 2.27. The molecule has 0 spiro atoms. The third-order valence-corrected chi connectivity index (χ3v) is 5.89. The van der Waals surface area contributed by atoms with Crippen LogP contribution in [0.5, 0.6) is 5.75 Å². The first-order valence-corrected chi connectivity index (χ1v) is 11.2. The molecule has 152 valence electrons. The van der Waals surface area contributed by atoms with Gasteiger partial charge in [0.15, 0.2) is 0 Å². The minimum atomic E-state index is -0.228. The minimum Gasteiger partial charge on any atom is -0.487 e. The van der Waals surface area contributed by atoms with Crippen molar-refractivity contribution in [2.75, 3.05) is 11.1 Å². The number of hydrogen-bond acceptors (Lipinski definition) is 6. The fraction of sp³-hybridized carbons (Fsp3) is 0.174. The molecule has 0 saturated carbocycles. The Morgan fingerprint density at radius 2 is 2.07 bits per heavy atom. The van der Waals surface area contributed by atoms with E-state index in [0.717, 1.165) is 26.8 Å². The van der Waals surface area contributed by atoms with Crippen molar-refractivity contribution < 1.29 is 9.53 Å². The van der Waals surface area contributed by atoms with Gasteiger partial charge in [-0.15, -0.1) is 23.1 Å². The fourth-order valence-electron chi connectivity index (χ4n) is 2.62. The number of carbonyl (C=O) groups excluding carboxylic acids is 1. The molecule has 0 fully saturated rings. The SMILES string of the molecule is Cc1nc(COc2ccccc2C=CC(=O)Nc2ccccc2SCCC#N)cs1. The Hall–Kier alpha value is -3.08. The van der Waals surface area contributed by atoms with Gasteiger partial charge in [0.05, 0.1) is 22.5 Å². The number of aromatic nitrogens is 1. The number of nitriles is 1. The van der Waals surface area contributed by atoms with Crippen molar-refractivity contribution in [1.82, 2.24) is 4.98 Å². The van der Waals surface area contributed by atoms with Gasteiger partial charge in [0.2, 0.25) is 5.91 Å². The lowest BCUT2D eigenvalue weighted by Gasteiger charge is -2.09. The van der Waals surface area contributed by atoms with E-state index in [1.165, 1.54) is 6.08 Å². The summed E-state index contributed by atoms with van der Waals surface area (Å²) in [4.78, 5) is 17.8. The number of hydrogen-bond donors (Lipinski definition) is 1. The Balaban J connectivity index is 1.63. The van der Waals surface area contributed by atoms with Gasteiger partial charge in [0.25, 0.3) is 0 Å². The molecule has 0 atom stereocenters. The molecule has 0 aliphatic rings. The number of anilines is 1. The summed E-state index contributed by atoms with van der Waals surface area (Å²) in [6, 6.07) is 17.3. The summed E-state index contributed by atoms with van der Waals surface area (Å²) in [6.07, 6.45) is 3.69. The molecule has 0 radical (unpaired) electrons. The second-order valence-electron chi connectivity index (χ2n) is 6.26. The van der Waals surface area contributed by atoms with Crippen molar-refractivity contribution in [2.45, 2.75) is 24.8 Å². The Morgan fingerprint density at radius 1 is 1.27 bits per heavy atom. The molecular formula is C23H21N3O2S2. The molecule has 0 aliphatic heterocycles. The van der Waals surface area contributed by atoms with Gasteiger partial charge in [-0.05, 0) is 31.2 Å². The average molecular weight is 436 g/mol. The number of carbonyl (C=O) groups is 1. The highest BCUT2D eigenvalue weighted by molar-refractivity contribution is 7.99. The predicted molar refractivity (Wildman–Crippen MR) is 123 cm³/mol. The van der Waals surface area contributed by atoms with E-state index in [4.69, 9.17) is 10.00 Å². The van der Waals surface area contributed by atoms with E-state index < -0.39 is 0 Å². The number of amides is 1. The topological polar surface area (TPSA) is 75.0 Å². The molecule has 3 aromatic rings. The van der Waals surface area contributed by atoms with Crippen molar-refractivity contribution in [3.05, 3.63) is 76.3 Å². The summed E-state index contributed by atoms with van der Waals surface area (Å²) in [5.41, 5.74) is 2.44. The van der Waals surface area contributed by atoms with Crippen LogP contribution >= 0.6 is 23.1 Å². The second-order valence-corrected chi connectivity index (χ2v) is 8.46. The van der Waals surface area contributed by atoms with Gasteiger partial charge in [0, 0.05) is 34.1 Å². The molecular weight excluding hydrogens is 414 g/mol. The van der Waals surface area contributed by atoms with Gasteiger partial charge in [-0.2, -0.15) is 5.26 Å². The number of benzene rings is 2. The molecule has 7 heteroatoms. The molecule has 1 amide bonds. The van der Waals surface area contributed by atoms with Crippen LogP contribution < -0.4 is 10.1 Å². The van der Waals surface area contributed by atoms with Crippen molar-refractivity contribution in [1.29, 1.82) is 5.26 Å². The zero-order valence-corrected chi connectivity index (χ0v) is 18.1. The number of aryl methyl sites for hydroxylation is 1. The fourth-order valence-corrected chi connectivity index (χ4v) is 4.08. The van der Waals surface area contributed by atoms with Crippen molar-refractivity contribution in [2.24, 2.45) is 0 Å². The standard InChI is InChI=1S/C23H21N3O2S2/c1-17-25-19(16-30-17)15-28-21-9-4-2-7-18(21)11-12-23(27)26-20-8-3-5-10-22(20)29-14-6-13-24/h2-5,7-12,16H,6,14-15H2,1H3,(H,26,27). The van der Waals surface area contributed by atoms with Crippen molar-refractivity contribution in [3.8, 4) is 11.8 Å². The van der Waals surface area contributed by atoms with Crippen molar-refractivity contribution in [3.63, 3.8) is 0 Å². The number of nitrogens with zero attached hydrogens (tertiary/aromatic N) is 2. The van der Waals surface area contributed by atoms with Gasteiger partial charge in [-0.25, -0.2) is 4.98 Å². The Labute approximate surface area is 184 Å². The monoisotopic (exact) mass is 435 g/mol. The zero-order valence-electron chi connectivity index (χ0n) is 16.5. The van der Waals surface area contributed by atoms with Gasteiger partial charge in [0.1, 0.15) is 12.4 Å². The highest BCUT2D eigenvalue weighted by Gasteiger charge is 2.07. The minimum absolute atomic E-state index is 0.228. The summed E-state index contributed by atoms with van der Waals surface area (Å²) in [5.74, 6) is 1.15. The summed E-state index contributed by atoms with van der Waals surface area (Å²) in [7, 11) is 0. The van der Waals surface area contributed by atoms with Gasteiger partial charge < -0.3 is 10.1 Å². The van der Waals surface area contributed by atoms with E-state index in [9.17, 15) is 4.79 Å². The second kappa shape index (κ2) is 11.2. The quantitative estimate of drug-likeness (QED) is 0.265. The molecule has 30 heavy (non-hydrogen) atoms. The van der Waals surface area contributed by atoms with Crippen LogP contribution in [0.25, 0.3) is 6.08 Å². The van der Waals surface area contributed by atoms with E-state index in [1.54, 1.807) is 29.2 Å². The smallest absolute Gasteiger partial charge is 0.248 e. The maximum Gasteiger partial charge on any atom is 0.248 e. The molecule has 1 aromatic heterocycles. The lowest BCUT2D eigenvalue weighted by atomic mass is 10.2. The van der Waals surface area contributed by atoms with Crippen LogP contribution in [-0.2, 0) is 11.4 Å². The molecule has 2 aromatic carbocycles. The molecule has 0 saturated heterocycles. The molecule has 1 heterocycles. The van der Waals surface area contributed by atoms with Crippen LogP contribution in [0.15, 0.2) is 64.9 Å². The maximum atomic E-state index is 12.5. The molecule has 0 bridgehead atoms. The van der Waals surface area contributed by atoms with Crippen LogP contribution in [0.4, 0.5) is 5.69 Å². The summed E-state index contributed by atoms with van der Waals surface area (Å²) < 4.78 is 5.89. The van der Waals surface area contributed by atoms with Crippen LogP contribution in [0.2, 0.25) is 0 Å². The van der Waals surface area contributed by atoms with E-state index in [0.29, 0.717) is 24.5 Å². The lowest BCUT2D eigenvalue weighted by Crippen LogP contribution is -2.08. The Kier molecular flexibility index (Phi) is 8.07. The average Bonchev–Trinajstić information content (AvgIpc) is 3.18. The highest BCUT2D eigenvalue weighted by atomic mass is 32.2. The first-order chi connectivity index (χ1) is 14.7. The van der Waals surface area contributed by atoms with Crippen LogP contribution in [0.3, 0.4) is 0 Å². The van der Waals surface area contributed by atoms with E-state index in [2.05, 4.69) is 16.4 Å². The van der Waals surface area contributed by atoms with E-state index >= 15 is 0 Å². The lowest BCUT2D eigenvalue weighted by molar-refractivity contribution is -0.111. The maximum absolute atomic E-state index is 12.5. The summed E-state index contributed by atoms with van der Waals surface area (Å²) >= 11 is 3.14. The van der Waals surface area contributed by atoms with Crippen molar-refractivity contribution >= 4 is 40.8 Å². The summed E-state index contributed by atoms with van der Waals surface area (Å²) in [5, 5.41) is 14.6. The zero-order chi connectivity index (χ0) is 21.2.